The van der Waals surface area contributed by atoms with Crippen LogP contribution >= 0.6 is 0 Å². The normalized spacial score (nSPS) is 26.4. The summed E-state index contributed by atoms with van der Waals surface area (Å²) >= 11 is 0. The highest BCUT2D eigenvalue weighted by molar-refractivity contribution is 7.92. The second-order valence-corrected chi connectivity index (χ2v) is 12.0. The molecular formula is C26H33F2NO6S. The zero-order valence-electron chi connectivity index (χ0n) is 20.2. The molecule has 2 aliphatic heterocycles. The summed E-state index contributed by atoms with van der Waals surface area (Å²) in [7, 11) is -3.70. The Kier molecular flexibility index (Phi) is 8.43. The van der Waals surface area contributed by atoms with Crippen molar-refractivity contribution in [2.24, 2.45) is 0 Å². The number of aliphatic hydroxyl groups is 2. The van der Waals surface area contributed by atoms with Gasteiger partial charge in [0, 0.05) is 44.2 Å². The van der Waals surface area contributed by atoms with E-state index in [4.69, 9.17) is 14.6 Å². The van der Waals surface area contributed by atoms with Gasteiger partial charge in [0.15, 0.2) is 9.84 Å². The summed E-state index contributed by atoms with van der Waals surface area (Å²) in [6, 6.07) is 10.6. The SMILES string of the molecule is C[C@@H]1NC[C@@H](c2ccccc2)S(=O)(=O)C1Cc1cc(F)c(C2(OC[C@H](O)CO)CCOCC2)cc1F. The van der Waals surface area contributed by atoms with Crippen molar-refractivity contribution >= 4 is 9.84 Å². The van der Waals surface area contributed by atoms with E-state index in [0.717, 1.165) is 12.1 Å². The molecule has 0 aromatic heterocycles. The van der Waals surface area contributed by atoms with Crippen LogP contribution in [0.4, 0.5) is 8.78 Å². The third kappa shape index (κ3) is 5.49. The van der Waals surface area contributed by atoms with E-state index in [-0.39, 0.29) is 56.8 Å². The number of hydrogen-bond donors (Lipinski definition) is 3. The molecule has 0 amide bonds. The summed E-state index contributed by atoms with van der Waals surface area (Å²) in [6.45, 7) is 1.76. The van der Waals surface area contributed by atoms with E-state index in [9.17, 15) is 13.5 Å². The van der Waals surface area contributed by atoms with Gasteiger partial charge in [-0.2, -0.15) is 0 Å². The highest BCUT2D eigenvalue weighted by Gasteiger charge is 2.43. The maximum absolute atomic E-state index is 15.5. The maximum Gasteiger partial charge on any atom is 0.163 e. The lowest BCUT2D eigenvalue weighted by molar-refractivity contribution is -0.141. The Bertz CT molecular complexity index is 1140. The first-order valence-corrected chi connectivity index (χ1v) is 13.8. The van der Waals surface area contributed by atoms with E-state index in [1.807, 2.05) is 6.07 Å². The molecule has 0 radical (unpaired) electrons. The molecule has 4 atom stereocenters. The van der Waals surface area contributed by atoms with Crippen LogP contribution in [0.25, 0.3) is 0 Å². The number of hydrogen-bond acceptors (Lipinski definition) is 7. The first-order chi connectivity index (χ1) is 17.2. The van der Waals surface area contributed by atoms with Gasteiger partial charge in [-0.15, -0.1) is 0 Å². The predicted octanol–water partition coefficient (Wildman–Crippen LogP) is 2.40. The van der Waals surface area contributed by atoms with E-state index in [2.05, 4.69) is 5.32 Å². The summed E-state index contributed by atoms with van der Waals surface area (Å²) in [6.07, 6.45) is -0.835. The quantitative estimate of drug-likeness (QED) is 0.486. The Morgan fingerprint density at radius 3 is 2.53 bits per heavy atom. The minimum absolute atomic E-state index is 0.00275. The minimum Gasteiger partial charge on any atom is -0.394 e. The van der Waals surface area contributed by atoms with Crippen LogP contribution in [0.1, 0.15) is 41.7 Å². The van der Waals surface area contributed by atoms with Crippen LogP contribution in [0.5, 0.6) is 0 Å². The van der Waals surface area contributed by atoms with E-state index >= 15 is 8.78 Å². The molecule has 2 heterocycles. The number of rotatable bonds is 8. The Labute approximate surface area is 210 Å². The molecule has 2 aromatic carbocycles. The molecule has 2 aliphatic rings. The molecule has 198 valence electrons. The summed E-state index contributed by atoms with van der Waals surface area (Å²) < 4.78 is 69.2. The second kappa shape index (κ2) is 11.2. The molecule has 0 bridgehead atoms. The summed E-state index contributed by atoms with van der Waals surface area (Å²) in [5.41, 5.74) is -0.587. The van der Waals surface area contributed by atoms with Crippen LogP contribution in [0.3, 0.4) is 0 Å². The van der Waals surface area contributed by atoms with E-state index < -0.39 is 56.3 Å². The van der Waals surface area contributed by atoms with Crippen LogP contribution in [0.15, 0.2) is 42.5 Å². The topological polar surface area (TPSA) is 105 Å². The lowest BCUT2D eigenvalue weighted by Crippen LogP contribution is -2.53. The van der Waals surface area contributed by atoms with Gasteiger partial charge in [0.25, 0.3) is 0 Å². The Morgan fingerprint density at radius 1 is 1.17 bits per heavy atom. The molecular weight excluding hydrogens is 492 g/mol. The molecule has 10 heteroatoms. The molecule has 3 N–H and O–H groups in total. The third-order valence-corrected chi connectivity index (χ3v) is 9.93. The van der Waals surface area contributed by atoms with Gasteiger partial charge in [-0.3, -0.25) is 0 Å². The highest BCUT2D eigenvalue weighted by Crippen LogP contribution is 2.39. The largest absolute Gasteiger partial charge is 0.394 e. The van der Waals surface area contributed by atoms with Gasteiger partial charge in [-0.05, 0) is 36.6 Å². The lowest BCUT2D eigenvalue weighted by atomic mass is 9.84. The predicted molar refractivity (Wildman–Crippen MR) is 130 cm³/mol. The van der Waals surface area contributed by atoms with E-state index in [1.165, 1.54) is 0 Å². The average molecular weight is 526 g/mol. The van der Waals surface area contributed by atoms with Crippen LogP contribution in [-0.4, -0.2) is 69.0 Å². The van der Waals surface area contributed by atoms with E-state index in [1.54, 1.807) is 31.2 Å². The second-order valence-electron chi connectivity index (χ2n) is 9.61. The van der Waals surface area contributed by atoms with Gasteiger partial charge in [-0.1, -0.05) is 30.3 Å². The van der Waals surface area contributed by atoms with Gasteiger partial charge >= 0.3 is 0 Å². The van der Waals surface area contributed by atoms with Gasteiger partial charge in [-0.25, -0.2) is 17.2 Å². The summed E-state index contributed by atoms with van der Waals surface area (Å²) in [4.78, 5) is 0. The van der Waals surface area contributed by atoms with Gasteiger partial charge in [0.05, 0.1) is 23.7 Å². The van der Waals surface area contributed by atoms with Gasteiger partial charge in [0.2, 0.25) is 0 Å². The Hall–Kier alpha value is -1.95. The molecule has 36 heavy (non-hydrogen) atoms. The van der Waals surface area contributed by atoms with Gasteiger partial charge in [0.1, 0.15) is 23.3 Å². The Balaban J connectivity index is 1.63. The third-order valence-electron chi connectivity index (χ3n) is 7.28. The van der Waals surface area contributed by atoms with Crippen molar-refractivity contribution in [2.45, 2.75) is 54.4 Å². The van der Waals surface area contributed by atoms with Crippen molar-refractivity contribution in [3.63, 3.8) is 0 Å². The molecule has 2 fully saturated rings. The lowest BCUT2D eigenvalue weighted by Gasteiger charge is -2.38. The number of ether oxygens (including phenoxy) is 2. The molecule has 1 unspecified atom stereocenters. The molecule has 7 nitrogen and oxygen atoms in total. The number of benzene rings is 2. The zero-order chi connectivity index (χ0) is 25.9. The molecule has 4 rings (SSSR count). The monoisotopic (exact) mass is 525 g/mol. The van der Waals surface area contributed by atoms with Crippen molar-refractivity contribution in [1.82, 2.24) is 5.32 Å². The number of nitrogens with one attached hydrogen (secondary N) is 1. The zero-order valence-corrected chi connectivity index (χ0v) is 21.0. The van der Waals surface area contributed by atoms with Crippen LogP contribution < -0.4 is 5.32 Å². The van der Waals surface area contributed by atoms with Crippen LogP contribution in [-0.2, 0) is 31.3 Å². The molecule has 0 spiro atoms. The highest BCUT2D eigenvalue weighted by atomic mass is 32.2. The number of aliphatic hydroxyl groups excluding tert-OH is 2. The van der Waals surface area contributed by atoms with Gasteiger partial charge < -0.3 is 25.0 Å². The number of halogens is 2. The smallest absolute Gasteiger partial charge is 0.163 e. The Morgan fingerprint density at radius 2 is 1.86 bits per heavy atom. The van der Waals surface area contributed by atoms with Crippen molar-refractivity contribution < 1.29 is 36.9 Å². The fraction of sp³-hybridized carbons (Fsp3) is 0.538. The molecule has 0 saturated carbocycles. The molecule has 2 aromatic rings. The molecule has 0 aliphatic carbocycles. The maximum atomic E-state index is 15.5. The first-order valence-electron chi connectivity index (χ1n) is 12.2. The van der Waals surface area contributed by atoms with E-state index in [0.29, 0.717) is 5.56 Å². The van der Waals surface area contributed by atoms with Crippen LogP contribution in [0.2, 0.25) is 0 Å². The summed E-state index contributed by atoms with van der Waals surface area (Å²) in [5, 5.41) is 20.4. The summed E-state index contributed by atoms with van der Waals surface area (Å²) in [5.74, 6) is -1.42. The van der Waals surface area contributed by atoms with Crippen LogP contribution in [0, 0.1) is 11.6 Å². The van der Waals surface area contributed by atoms with Crippen molar-refractivity contribution in [2.75, 3.05) is 33.0 Å². The fourth-order valence-electron chi connectivity index (χ4n) is 5.12. The van der Waals surface area contributed by atoms with Crippen molar-refractivity contribution in [1.29, 1.82) is 0 Å². The molecule has 2 saturated heterocycles. The van der Waals surface area contributed by atoms with Crippen molar-refractivity contribution in [3.8, 4) is 0 Å². The van der Waals surface area contributed by atoms with Crippen molar-refractivity contribution in [3.05, 3.63) is 70.8 Å². The number of sulfone groups is 1. The first kappa shape index (κ1) is 27.1. The minimum atomic E-state index is -3.70. The standard InChI is InChI=1S/C26H33F2NO6S/c1-17-24(36(32,33)25(14-29-17)18-5-3-2-4-6-18)12-19-11-23(28)21(13-22(19)27)26(7-9-34-10-8-26)35-16-20(31)15-30/h2-6,11,13,17,20,24-25,29-31H,7-10,12,14-16H2,1H3/t17-,20+,24?,25-/m0/s1. The average Bonchev–Trinajstić information content (AvgIpc) is 2.87. The fourth-order valence-corrected chi connectivity index (χ4v) is 7.48.